The molecular weight excluding hydrogens is 224 g/mol. The fourth-order valence-corrected chi connectivity index (χ4v) is 2.31. The Bertz CT molecular complexity index is 543. The van der Waals surface area contributed by atoms with Gasteiger partial charge in [-0.05, 0) is 37.5 Å². The second kappa shape index (κ2) is 5.25. The summed E-state index contributed by atoms with van der Waals surface area (Å²) in [6.45, 7) is 6.27. The van der Waals surface area contributed by atoms with Gasteiger partial charge in [0.25, 0.3) is 0 Å². The quantitative estimate of drug-likeness (QED) is 0.895. The van der Waals surface area contributed by atoms with Crippen molar-refractivity contribution < 1.29 is 5.11 Å². The van der Waals surface area contributed by atoms with Gasteiger partial charge in [-0.1, -0.05) is 32.4 Å². The van der Waals surface area contributed by atoms with E-state index in [1.807, 2.05) is 16.8 Å². The SMILES string of the molecule is CCCc1c(O)nn(-c2cccc(C)c2)c1CC. The first kappa shape index (κ1) is 12.7. The molecule has 3 nitrogen and oxygen atoms in total. The summed E-state index contributed by atoms with van der Waals surface area (Å²) in [6.07, 6.45) is 2.76. The predicted octanol–water partition coefficient (Wildman–Crippen LogP) is 3.40. The van der Waals surface area contributed by atoms with Crippen LogP contribution >= 0.6 is 0 Å². The van der Waals surface area contributed by atoms with Crippen LogP contribution in [-0.4, -0.2) is 14.9 Å². The second-order valence-electron chi connectivity index (χ2n) is 4.60. The van der Waals surface area contributed by atoms with E-state index >= 15 is 0 Å². The van der Waals surface area contributed by atoms with Gasteiger partial charge in [-0.15, -0.1) is 5.10 Å². The zero-order chi connectivity index (χ0) is 13.1. The van der Waals surface area contributed by atoms with Crippen LogP contribution in [0.25, 0.3) is 5.69 Å². The van der Waals surface area contributed by atoms with Crippen molar-refractivity contribution in [3.63, 3.8) is 0 Å². The van der Waals surface area contributed by atoms with Crippen LogP contribution in [-0.2, 0) is 12.8 Å². The van der Waals surface area contributed by atoms with Crippen molar-refractivity contribution in [3.05, 3.63) is 41.1 Å². The number of benzene rings is 1. The van der Waals surface area contributed by atoms with Crippen molar-refractivity contribution in [2.45, 2.75) is 40.0 Å². The lowest BCUT2D eigenvalue weighted by Gasteiger charge is -2.07. The van der Waals surface area contributed by atoms with Crippen molar-refractivity contribution in [2.75, 3.05) is 0 Å². The number of hydrogen-bond acceptors (Lipinski definition) is 2. The van der Waals surface area contributed by atoms with Gasteiger partial charge in [-0.3, -0.25) is 0 Å². The number of aromatic nitrogens is 2. The lowest BCUT2D eigenvalue weighted by atomic mass is 10.1. The summed E-state index contributed by atoms with van der Waals surface area (Å²) in [6, 6.07) is 8.18. The van der Waals surface area contributed by atoms with E-state index in [-0.39, 0.29) is 5.88 Å². The summed E-state index contributed by atoms with van der Waals surface area (Å²) >= 11 is 0. The molecule has 1 aromatic carbocycles. The summed E-state index contributed by atoms with van der Waals surface area (Å²) in [5.74, 6) is 0.176. The number of aryl methyl sites for hydroxylation is 1. The maximum atomic E-state index is 9.97. The van der Waals surface area contributed by atoms with E-state index in [9.17, 15) is 5.11 Å². The van der Waals surface area contributed by atoms with Gasteiger partial charge in [-0.25, -0.2) is 4.68 Å². The van der Waals surface area contributed by atoms with E-state index in [1.165, 1.54) is 5.56 Å². The van der Waals surface area contributed by atoms with Crippen LogP contribution in [0.1, 0.15) is 37.1 Å². The Morgan fingerprint density at radius 2 is 2.06 bits per heavy atom. The summed E-state index contributed by atoms with van der Waals surface area (Å²) in [7, 11) is 0. The number of aromatic hydroxyl groups is 1. The average molecular weight is 244 g/mol. The van der Waals surface area contributed by atoms with Gasteiger partial charge >= 0.3 is 0 Å². The molecule has 0 atom stereocenters. The van der Waals surface area contributed by atoms with E-state index in [0.717, 1.165) is 36.2 Å². The van der Waals surface area contributed by atoms with E-state index in [4.69, 9.17) is 0 Å². The zero-order valence-electron chi connectivity index (χ0n) is 11.3. The average Bonchev–Trinajstić information content (AvgIpc) is 2.67. The van der Waals surface area contributed by atoms with Crippen molar-refractivity contribution in [1.29, 1.82) is 0 Å². The van der Waals surface area contributed by atoms with Gasteiger partial charge in [0.2, 0.25) is 5.88 Å². The molecule has 1 heterocycles. The monoisotopic (exact) mass is 244 g/mol. The maximum absolute atomic E-state index is 9.97. The molecule has 1 N–H and O–H groups in total. The van der Waals surface area contributed by atoms with E-state index in [1.54, 1.807) is 0 Å². The molecule has 0 aliphatic rings. The molecule has 0 aliphatic carbocycles. The molecule has 0 fully saturated rings. The van der Waals surface area contributed by atoms with Gasteiger partial charge in [-0.2, -0.15) is 0 Å². The minimum atomic E-state index is 0.176. The van der Waals surface area contributed by atoms with E-state index in [0.29, 0.717) is 0 Å². The highest BCUT2D eigenvalue weighted by Crippen LogP contribution is 2.25. The summed E-state index contributed by atoms with van der Waals surface area (Å²) < 4.78 is 1.87. The van der Waals surface area contributed by atoms with Gasteiger partial charge < -0.3 is 5.11 Å². The third kappa shape index (κ3) is 2.26. The highest BCUT2D eigenvalue weighted by Gasteiger charge is 2.16. The fourth-order valence-electron chi connectivity index (χ4n) is 2.31. The van der Waals surface area contributed by atoms with Gasteiger partial charge in [0.05, 0.1) is 11.4 Å². The molecule has 0 aliphatic heterocycles. The topological polar surface area (TPSA) is 38.1 Å². The van der Waals surface area contributed by atoms with Crippen molar-refractivity contribution >= 4 is 0 Å². The molecular formula is C15H20N2O. The number of hydrogen-bond donors (Lipinski definition) is 1. The summed E-state index contributed by atoms with van der Waals surface area (Å²) in [4.78, 5) is 0. The molecule has 3 heteroatoms. The molecule has 1 aromatic heterocycles. The molecule has 0 amide bonds. The normalized spacial score (nSPS) is 10.8. The van der Waals surface area contributed by atoms with Crippen molar-refractivity contribution in [1.82, 2.24) is 9.78 Å². The molecule has 96 valence electrons. The Balaban J connectivity index is 2.54. The summed E-state index contributed by atoms with van der Waals surface area (Å²) in [5.41, 5.74) is 4.31. The highest BCUT2D eigenvalue weighted by molar-refractivity contribution is 5.41. The molecule has 2 aromatic rings. The molecule has 0 saturated carbocycles. The molecule has 0 unspecified atom stereocenters. The van der Waals surface area contributed by atoms with Gasteiger partial charge in [0.1, 0.15) is 0 Å². The molecule has 0 bridgehead atoms. The third-order valence-corrected chi connectivity index (χ3v) is 3.15. The Morgan fingerprint density at radius 1 is 1.28 bits per heavy atom. The minimum absolute atomic E-state index is 0.176. The number of rotatable bonds is 4. The second-order valence-corrected chi connectivity index (χ2v) is 4.60. The first-order valence-corrected chi connectivity index (χ1v) is 6.54. The van der Waals surface area contributed by atoms with Gasteiger partial charge in [0, 0.05) is 5.56 Å². The molecule has 0 spiro atoms. The molecule has 2 rings (SSSR count). The highest BCUT2D eigenvalue weighted by atomic mass is 16.3. The van der Waals surface area contributed by atoms with Crippen LogP contribution in [0.4, 0.5) is 0 Å². The van der Waals surface area contributed by atoms with Gasteiger partial charge in [0.15, 0.2) is 0 Å². The van der Waals surface area contributed by atoms with Crippen LogP contribution in [0.5, 0.6) is 5.88 Å². The van der Waals surface area contributed by atoms with Crippen molar-refractivity contribution in [3.8, 4) is 11.6 Å². The molecule has 18 heavy (non-hydrogen) atoms. The van der Waals surface area contributed by atoms with Crippen LogP contribution < -0.4 is 0 Å². The molecule has 0 saturated heterocycles. The Hall–Kier alpha value is -1.77. The van der Waals surface area contributed by atoms with E-state index < -0.39 is 0 Å². The standard InChI is InChI=1S/C15H20N2O/c1-4-7-13-14(5-2)17(16-15(13)18)12-9-6-8-11(3)10-12/h6,8-10H,4-5,7H2,1-3H3,(H,16,18). The van der Waals surface area contributed by atoms with Crippen LogP contribution in [0.2, 0.25) is 0 Å². The largest absolute Gasteiger partial charge is 0.492 e. The Morgan fingerprint density at radius 3 is 2.67 bits per heavy atom. The molecule has 0 radical (unpaired) electrons. The van der Waals surface area contributed by atoms with Crippen LogP contribution in [0, 0.1) is 6.92 Å². The van der Waals surface area contributed by atoms with E-state index in [2.05, 4.69) is 38.0 Å². The predicted molar refractivity (Wildman–Crippen MR) is 73.3 cm³/mol. The first-order valence-electron chi connectivity index (χ1n) is 6.54. The third-order valence-electron chi connectivity index (χ3n) is 3.15. The Kier molecular flexibility index (Phi) is 3.70. The van der Waals surface area contributed by atoms with Crippen LogP contribution in [0.3, 0.4) is 0 Å². The maximum Gasteiger partial charge on any atom is 0.234 e. The Labute approximate surface area is 108 Å². The fraction of sp³-hybridized carbons (Fsp3) is 0.400. The lowest BCUT2D eigenvalue weighted by molar-refractivity contribution is 0.442. The first-order chi connectivity index (χ1) is 8.67. The smallest absolute Gasteiger partial charge is 0.234 e. The minimum Gasteiger partial charge on any atom is -0.492 e. The zero-order valence-corrected chi connectivity index (χ0v) is 11.3. The lowest BCUT2D eigenvalue weighted by Crippen LogP contribution is -2.02. The number of nitrogens with zero attached hydrogens (tertiary/aromatic N) is 2. The van der Waals surface area contributed by atoms with Crippen LogP contribution in [0.15, 0.2) is 24.3 Å². The summed E-state index contributed by atoms with van der Waals surface area (Å²) in [5, 5.41) is 14.3. The van der Waals surface area contributed by atoms with Crippen molar-refractivity contribution in [2.24, 2.45) is 0 Å².